The van der Waals surface area contributed by atoms with Gasteiger partial charge in [-0.25, -0.2) is 15.0 Å². The number of anilines is 3. The number of piperazine rings is 1. The average Bonchev–Trinajstić information content (AvgIpc) is 3.42. The van der Waals surface area contributed by atoms with Crippen LogP contribution in [-0.2, 0) is 4.74 Å². The topological polar surface area (TPSA) is 95.1 Å². The second kappa shape index (κ2) is 9.42. The lowest BCUT2D eigenvalue weighted by atomic mass is 10.1. The molecule has 1 saturated heterocycles. The Bertz CT molecular complexity index is 1240. The van der Waals surface area contributed by atoms with Crippen molar-refractivity contribution in [3.8, 4) is 11.3 Å². The lowest BCUT2D eigenvalue weighted by molar-refractivity contribution is 0.136. The van der Waals surface area contributed by atoms with Gasteiger partial charge in [0.1, 0.15) is 16.2 Å². The third kappa shape index (κ3) is 4.68. The summed E-state index contributed by atoms with van der Waals surface area (Å²) >= 11 is 1.52. The van der Waals surface area contributed by atoms with Gasteiger partial charge in [0.05, 0.1) is 18.5 Å². The molecule has 1 fully saturated rings. The first-order valence-corrected chi connectivity index (χ1v) is 11.9. The monoisotopic (exact) mass is 464 g/mol. The van der Waals surface area contributed by atoms with Gasteiger partial charge in [-0.15, -0.1) is 0 Å². The number of rotatable bonds is 7. The molecule has 4 aromatic heterocycles. The largest absolute Gasteiger partial charge is 0.383 e. The Morgan fingerprint density at radius 2 is 2.15 bits per heavy atom. The summed E-state index contributed by atoms with van der Waals surface area (Å²) in [6, 6.07) is 8.58. The van der Waals surface area contributed by atoms with Crippen LogP contribution in [0.25, 0.3) is 21.6 Å². The van der Waals surface area contributed by atoms with Gasteiger partial charge in [-0.3, -0.25) is 10.00 Å². The van der Waals surface area contributed by atoms with Gasteiger partial charge in [0.2, 0.25) is 0 Å². The van der Waals surface area contributed by atoms with Crippen molar-refractivity contribution in [3.63, 3.8) is 0 Å². The van der Waals surface area contributed by atoms with E-state index in [1.807, 2.05) is 25.3 Å². The molecule has 0 unspecified atom stereocenters. The van der Waals surface area contributed by atoms with Crippen LogP contribution in [0.5, 0.6) is 0 Å². The number of aromatic amines is 1. The number of aryl methyl sites for hydroxylation is 1. The van der Waals surface area contributed by atoms with Crippen LogP contribution in [0.1, 0.15) is 12.6 Å². The van der Waals surface area contributed by atoms with Gasteiger partial charge in [-0.2, -0.15) is 5.10 Å². The summed E-state index contributed by atoms with van der Waals surface area (Å²) in [6.07, 6.45) is 3.66. The van der Waals surface area contributed by atoms with Gasteiger partial charge in [0.15, 0.2) is 5.13 Å². The smallest absolute Gasteiger partial charge is 0.190 e. The van der Waals surface area contributed by atoms with Crippen LogP contribution in [0, 0.1) is 6.92 Å². The second-order valence-electron chi connectivity index (χ2n) is 8.31. The van der Waals surface area contributed by atoms with Gasteiger partial charge in [-0.05, 0) is 32.0 Å². The maximum Gasteiger partial charge on any atom is 0.190 e. The van der Waals surface area contributed by atoms with Crippen molar-refractivity contribution >= 4 is 38.3 Å². The number of H-pyrrole nitrogens is 1. The highest BCUT2D eigenvalue weighted by atomic mass is 32.1. The lowest BCUT2D eigenvalue weighted by Crippen LogP contribution is -2.52. The van der Waals surface area contributed by atoms with Crippen LogP contribution < -0.4 is 10.2 Å². The summed E-state index contributed by atoms with van der Waals surface area (Å²) in [7, 11) is 1.76. The van der Waals surface area contributed by atoms with E-state index in [4.69, 9.17) is 14.7 Å². The highest BCUT2D eigenvalue weighted by molar-refractivity contribution is 7.21. The number of thiazole rings is 1. The average molecular weight is 465 g/mol. The molecule has 0 amide bonds. The Labute approximate surface area is 196 Å². The van der Waals surface area contributed by atoms with Crippen LogP contribution in [0.4, 0.5) is 16.6 Å². The predicted octanol–water partition coefficient (Wildman–Crippen LogP) is 3.69. The number of aromatic nitrogens is 5. The molecule has 172 valence electrons. The molecule has 0 aromatic carbocycles. The van der Waals surface area contributed by atoms with Gasteiger partial charge in [0.25, 0.3) is 0 Å². The van der Waals surface area contributed by atoms with Crippen molar-refractivity contribution in [3.05, 3.63) is 42.4 Å². The first-order chi connectivity index (χ1) is 16.1. The fraction of sp³-hybridized carbons (Fsp3) is 0.391. The summed E-state index contributed by atoms with van der Waals surface area (Å²) in [5.41, 5.74) is 4.93. The molecule has 1 atom stereocenters. The SMILES string of the molecule is COCCN1CCN(c2ccnc(Nc3nc4ccc(-c5cn[nH]c5C)nc4s3)c2)[C@H](C)C1. The van der Waals surface area contributed by atoms with Crippen LogP contribution in [-0.4, -0.2) is 76.0 Å². The minimum Gasteiger partial charge on any atom is -0.383 e. The van der Waals surface area contributed by atoms with Crippen LogP contribution in [0.3, 0.4) is 0 Å². The number of nitrogens with one attached hydrogen (secondary N) is 2. The normalized spacial score (nSPS) is 17.1. The van der Waals surface area contributed by atoms with Crippen molar-refractivity contribution in [2.75, 3.05) is 50.1 Å². The van der Waals surface area contributed by atoms with Crippen molar-refractivity contribution in [2.24, 2.45) is 0 Å². The second-order valence-corrected chi connectivity index (χ2v) is 9.29. The van der Waals surface area contributed by atoms with E-state index in [-0.39, 0.29) is 0 Å². The van der Waals surface area contributed by atoms with E-state index < -0.39 is 0 Å². The van der Waals surface area contributed by atoms with E-state index in [9.17, 15) is 0 Å². The standard InChI is InChI=1S/C23H28N8OS/c1-15-14-30(10-11-32-3)8-9-31(15)17-6-7-24-21(12-17)28-23-27-20-5-4-19(26-22(20)33-23)18-13-25-29-16(18)2/h4-7,12-13,15H,8-11,14H2,1-3H3,(H,25,29)(H,24,27,28)/t15-/m1/s1. The number of nitrogens with zero attached hydrogens (tertiary/aromatic N) is 6. The maximum absolute atomic E-state index is 5.23. The van der Waals surface area contributed by atoms with E-state index in [1.165, 1.54) is 17.0 Å². The van der Waals surface area contributed by atoms with Gasteiger partial charge >= 0.3 is 0 Å². The van der Waals surface area contributed by atoms with Crippen molar-refractivity contribution in [1.82, 2.24) is 30.0 Å². The molecule has 2 N–H and O–H groups in total. The van der Waals surface area contributed by atoms with E-state index >= 15 is 0 Å². The molecule has 0 bridgehead atoms. The Hall–Kier alpha value is -3.08. The van der Waals surface area contributed by atoms with Crippen LogP contribution in [0.2, 0.25) is 0 Å². The summed E-state index contributed by atoms with van der Waals surface area (Å²) in [4.78, 5) is 19.8. The zero-order chi connectivity index (χ0) is 22.8. The Balaban J connectivity index is 1.31. The van der Waals surface area contributed by atoms with E-state index in [0.29, 0.717) is 6.04 Å². The number of ether oxygens (including phenoxy) is 1. The van der Waals surface area contributed by atoms with Crippen LogP contribution in [0.15, 0.2) is 36.7 Å². The van der Waals surface area contributed by atoms with Crippen molar-refractivity contribution in [2.45, 2.75) is 19.9 Å². The third-order valence-electron chi connectivity index (χ3n) is 5.99. The predicted molar refractivity (Wildman–Crippen MR) is 132 cm³/mol. The summed E-state index contributed by atoms with van der Waals surface area (Å²) in [5, 5.41) is 11.2. The lowest BCUT2D eigenvalue weighted by Gasteiger charge is -2.41. The van der Waals surface area contributed by atoms with Crippen molar-refractivity contribution in [1.29, 1.82) is 0 Å². The molecule has 10 heteroatoms. The molecule has 0 aliphatic carbocycles. The van der Waals surface area contributed by atoms with Crippen molar-refractivity contribution < 1.29 is 4.74 Å². The molecule has 5 rings (SSSR count). The first kappa shape index (κ1) is 21.7. The van der Waals surface area contributed by atoms with E-state index in [2.05, 4.69) is 49.4 Å². The number of hydrogen-bond acceptors (Lipinski definition) is 9. The van der Waals surface area contributed by atoms with Crippen LogP contribution >= 0.6 is 11.3 Å². The molecule has 1 aliphatic heterocycles. The molecular formula is C23H28N8OS. The summed E-state index contributed by atoms with van der Waals surface area (Å²) < 4.78 is 5.23. The summed E-state index contributed by atoms with van der Waals surface area (Å²) in [6.45, 7) is 9.05. The molecule has 0 saturated carbocycles. The number of hydrogen-bond donors (Lipinski definition) is 2. The van der Waals surface area contributed by atoms with Gasteiger partial charge < -0.3 is 15.0 Å². The molecule has 1 aliphatic rings. The first-order valence-electron chi connectivity index (χ1n) is 11.1. The zero-order valence-corrected chi connectivity index (χ0v) is 19.9. The maximum atomic E-state index is 5.23. The molecule has 0 radical (unpaired) electrons. The fourth-order valence-corrected chi connectivity index (χ4v) is 5.09. The molecule has 0 spiro atoms. The Morgan fingerprint density at radius 1 is 1.24 bits per heavy atom. The quantitative estimate of drug-likeness (QED) is 0.428. The molecular weight excluding hydrogens is 436 g/mol. The van der Waals surface area contributed by atoms with E-state index in [1.54, 1.807) is 13.3 Å². The highest BCUT2D eigenvalue weighted by Gasteiger charge is 2.24. The zero-order valence-electron chi connectivity index (χ0n) is 19.1. The summed E-state index contributed by atoms with van der Waals surface area (Å²) in [5.74, 6) is 0.784. The molecule has 33 heavy (non-hydrogen) atoms. The number of pyridine rings is 2. The Kier molecular flexibility index (Phi) is 6.21. The Morgan fingerprint density at radius 3 is 2.94 bits per heavy atom. The molecule has 9 nitrogen and oxygen atoms in total. The van der Waals surface area contributed by atoms with Gasteiger partial charge in [0, 0.05) is 68.5 Å². The molecule has 4 aromatic rings. The number of methoxy groups -OCH3 is 1. The highest BCUT2D eigenvalue weighted by Crippen LogP contribution is 2.30. The van der Waals surface area contributed by atoms with E-state index in [0.717, 1.165) is 71.0 Å². The third-order valence-corrected chi connectivity index (χ3v) is 6.88. The minimum atomic E-state index is 0.419. The molecule has 5 heterocycles. The minimum absolute atomic E-state index is 0.419. The fourth-order valence-electron chi connectivity index (χ4n) is 4.25. The van der Waals surface area contributed by atoms with Gasteiger partial charge in [-0.1, -0.05) is 11.3 Å². The number of fused-ring (bicyclic) bond motifs is 1.